The Morgan fingerprint density at radius 2 is 1.71 bits per heavy atom. The molecule has 0 N–H and O–H groups in total. The highest BCUT2D eigenvalue weighted by atomic mass is 28.4. The summed E-state index contributed by atoms with van der Waals surface area (Å²) in [5.74, 6) is -1.06. The zero-order valence-corrected chi connectivity index (χ0v) is 25.3. The maximum Gasteiger partial charge on any atom is 0.306 e. The van der Waals surface area contributed by atoms with Gasteiger partial charge in [0.25, 0.3) is 0 Å². The molecule has 5 atom stereocenters. The van der Waals surface area contributed by atoms with Gasteiger partial charge in [0.15, 0.2) is 20.2 Å². The lowest BCUT2D eigenvalue weighted by Crippen LogP contribution is -2.50. The highest BCUT2D eigenvalue weighted by Crippen LogP contribution is 2.41. The normalized spacial score (nSPS) is 32.3. The first-order valence-electron chi connectivity index (χ1n) is 13.1. The van der Waals surface area contributed by atoms with E-state index in [2.05, 4.69) is 52.9 Å². The molecule has 0 aromatic heterocycles. The molecule has 5 nitrogen and oxygen atoms in total. The smallest absolute Gasteiger partial charge is 0.306 e. The minimum absolute atomic E-state index is 0.0214. The number of allylic oxidation sites excluding steroid dienone is 2. The molecular formula is C29H50O5Si. The van der Waals surface area contributed by atoms with E-state index < -0.39 is 25.8 Å². The Labute approximate surface area is 215 Å². The highest BCUT2D eigenvalue weighted by Gasteiger charge is 2.45. The zero-order valence-electron chi connectivity index (χ0n) is 24.3. The molecule has 0 spiro atoms. The van der Waals surface area contributed by atoms with E-state index in [1.54, 1.807) is 0 Å². The third-order valence-corrected chi connectivity index (χ3v) is 12.8. The quantitative estimate of drug-likeness (QED) is 0.233. The van der Waals surface area contributed by atoms with Gasteiger partial charge in [-0.2, -0.15) is 0 Å². The van der Waals surface area contributed by atoms with Crippen LogP contribution in [0.1, 0.15) is 88.5 Å². The average molecular weight is 507 g/mol. The second-order valence-electron chi connectivity index (χ2n) is 12.7. The van der Waals surface area contributed by atoms with Crippen LogP contribution >= 0.6 is 0 Å². The lowest BCUT2D eigenvalue weighted by Gasteiger charge is -2.43. The van der Waals surface area contributed by atoms with Gasteiger partial charge < -0.3 is 9.16 Å². The van der Waals surface area contributed by atoms with Crippen LogP contribution in [0.4, 0.5) is 0 Å². The minimum Gasteiger partial charge on any atom is -0.454 e. The third kappa shape index (κ3) is 8.52. The van der Waals surface area contributed by atoms with Crippen LogP contribution in [0.25, 0.3) is 0 Å². The van der Waals surface area contributed by atoms with Crippen molar-refractivity contribution >= 4 is 25.9 Å². The molecule has 1 rings (SSSR count). The molecule has 1 unspecified atom stereocenters. The Bertz CT molecular complexity index is 831. The van der Waals surface area contributed by atoms with E-state index >= 15 is 0 Å². The molecule has 35 heavy (non-hydrogen) atoms. The topological polar surface area (TPSA) is 69.7 Å². The summed E-state index contributed by atoms with van der Waals surface area (Å²) in [6.07, 6.45) is 6.37. The zero-order chi connectivity index (χ0) is 27.4. The Morgan fingerprint density at radius 1 is 1.14 bits per heavy atom. The van der Waals surface area contributed by atoms with E-state index in [9.17, 15) is 14.4 Å². The van der Waals surface area contributed by atoms with Crippen molar-refractivity contribution < 1.29 is 23.5 Å². The van der Waals surface area contributed by atoms with Gasteiger partial charge in [-0.1, -0.05) is 79.2 Å². The number of esters is 1. The van der Waals surface area contributed by atoms with E-state index in [1.807, 2.05) is 40.7 Å². The second kappa shape index (κ2) is 12.1. The van der Waals surface area contributed by atoms with Gasteiger partial charge in [0.2, 0.25) is 0 Å². The first-order chi connectivity index (χ1) is 15.8. The van der Waals surface area contributed by atoms with Crippen molar-refractivity contribution in [2.75, 3.05) is 0 Å². The predicted octanol–water partition coefficient (Wildman–Crippen LogP) is 7.07. The molecular weight excluding hydrogens is 456 g/mol. The van der Waals surface area contributed by atoms with E-state index in [0.717, 1.165) is 12.0 Å². The van der Waals surface area contributed by atoms with Gasteiger partial charge in [0.05, 0.1) is 6.10 Å². The summed E-state index contributed by atoms with van der Waals surface area (Å²) in [4.78, 5) is 38.7. The number of hydrogen-bond acceptors (Lipinski definition) is 5. The van der Waals surface area contributed by atoms with Gasteiger partial charge in [0.1, 0.15) is 5.78 Å². The van der Waals surface area contributed by atoms with Crippen molar-refractivity contribution in [1.29, 1.82) is 0 Å². The van der Waals surface area contributed by atoms with Crippen molar-refractivity contribution in [3.63, 3.8) is 0 Å². The SMILES string of the molecule is CC(=O)C1C/C=C(/C)C/C=C/[C@H](C)[C@H](O[Si](C)(C)C(C)(C)C)[C@@H](C)C(=O)C(C)(C)[C@@H](C)CC(=O)O1. The first kappa shape index (κ1) is 31.5. The summed E-state index contributed by atoms with van der Waals surface area (Å²) in [5, 5.41) is 0.0214. The summed E-state index contributed by atoms with van der Waals surface area (Å²) in [6.45, 7) is 24.4. The van der Waals surface area contributed by atoms with Crippen LogP contribution in [0.5, 0.6) is 0 Å². The van der Waals surface area contributed by atoms with Crippen molar-refractivity contribution in [3.8, 4) is 0 Å². The summed E-state index contributed by atoms with van der Waals surface area (Å²) in [7, 11) is -2.14. The fraction of sp³-hybridized carbons (Fsp3) is 0.759. The summed E-state index contributed by atoms with van der Waals surface area (Å²) in [6, 6.07) is 0. The predicted molar refractivity (Wildman–Crippen MR) is 146 cm³/mol. The van der Waals surface area contributed by atoms with Crippen LogP contribution in [0.2, 0.25) is 18.1 Å². The molecule has 0 radical (unpaired) electrons. The Morgan fingerprint density at radius 3 is 2.23 bits per heavy atom. The fourth-order valence-corrected chi connectivity index (χ4v) is 5.59. The molecule has 0 bridgehead atoms. The molecule has 1 aliphatic rings. The first-order valence-corrected chi connectivity index (χ1v) is 16.0. The van der Waals surface area contributed by atoms with Crippen LogP contribution in [0.15, 0.2) is 23.8 Å². The van der Waals surface area contributed by atoms with Crippen molar-refractivity contribution in [2.45, 2.75) is 119 Å². The van der Waals surface area contributed by atoms with Gasteiger partial charge in [-0.15, -0.1) is 0 Å². The number of rotatable bonds is 3. The molecule has 0 fully saturated rings. The van der Waals surface area contributed by atoms with E-state index in [0.29, 0.717) is 6.42 Å². The van der Waals surface area contributed by atoms with Crippen LogP contribution in [-0.2, 0) is 23.5 Å². The largest absolute Gasteiger partial charge is 0.454 e. The van der Waals surface area contributed by atoms with E-state index in [1.165, 1.54) is 6.92 Å². The molecule has 6 heteroatoms. The van der Waals surface area contributed by atoms with E-state index in [4.69, 9.17) is 9.16 Å². The number of carbonyl (C=O) groups excluding carboxylic acids is 3. The van der Waals surface area contributed by atoms with Gasteiger partial charge in [0, 0.05) is 24.2 Å². The number of ether oxygens (including phenoxy) is 1. The van der Waals surface area contributed by atoms with Crippen molar-refractivity contribution in [2.24, 2.45) is 23.2 Å². The lowest BCUT2D eigenvalue weighted by atomic mass is 9.69. The number of Topliss-reactive ketones (excluding diaryl/α,β-unsaturated/α-hetero) is 2. The molecule has 1 heterocycles. The van der Waals surface area contributed by atoms with Gasteiger partial charge in [-0.25, -0.2) is 0 Å². The standard InChI is InChI=1S/C29H50O5Si/c1-19-14-13-15-20(2)26(34-35(11,12)28(6,7)8)22(4)27(32)29(9,10)21(3)18-25(31)33-24(17-16-19)23(5)30/h13,15-16,20-22,24,26H,14,17-18H2,1-12H3/b15-13+,19-16-/t20-,21-,22+,24?,26-/m0/s1. The molecule has 0 aromatic rings. The Kier molecular flexibility index (Phi) is 10.9. The Balaban J connectivity index is 3.47. The second-order valence-corrected chi connectivity index (χ2v) is 17.4. The summed E-state index contributed by atoms with van der Waals surface area (Å²) in [5.41, 5.74) is 0.347. The molecule has 0 aromatic carbocycles. The minimum atomic E-state index is -2.14. The number of carbonyl (C=O) groups is 3. The van der Waals surface area contributed by atoms with Crippen LogP contribution in [-0.4, -0.2) is 38.1 Å². The average Bonchev–Trinajstić information content (AvgIpc) is 2.71. The van der Waals surface area contributed by atoms with Gasteiger partial charge >= 0.3 is 5.97 Å². The molecule has 0 amide bonds. The lowest BCUT2D eigenvalue weighted by molar-refractivity contribution is -0.156. The number of hydrogen-bond donors (Lipinski definition) is 0. The molecule has 1 aliphatic heterocycles. The molecule has 0 saturated heterocycles. The summed E-state index contributed by atoms with van der Waals surface area (Å²) >= 11 is 0. The molecule has 0 aliphatic carbocycles. The van der Waals surface area contributed by atoms with E-state index in [-0.39, 0.29) is 46.9 Å². The third-order valence-electron chi connectivity index (χ3n) is 8.29. The molecule has 200 valence electrons. The fourth-order valence-electron chi connectivity index (χ4n) is 4.14. The maximum atomic E-state index is 13.9. The van der Waals surface area contributed by atoms with Crippen LogP contribution < -0.4 is 0 Å². The monoisotopic (exact) mass is 506 g/mol. The number of ketones is 2. The Hall–Kier alpha value is -1.53. The number of cyclic esters (lactones) is 1. The van der Waals surface area contributed by atoms with Gasteiger partial charge in [-0.3, -0.25) is 14.4 Å². The van der Waals surface area contributed by atoms with Crippen LogP contribution in [0, 0.1) is 23.2 Å². The van der Waals surface area contributed by atoms with Crippen molar-refractivity contribution in [1.82, 2.24) is 0 Å². The van der Waals surface area contributed by atoms with Crippen molar-refractivity contribution in [3.05, 3.63) is 23.8 Å². The van der Waals surface area contributed by atoms with Crippen LogP contribution in [0.3, 0.4) is 0 Å². The molecule has 0 saturated carbocycles. The van der Waals surface area contributed by atoms with Gasteiger partial charge in [-0.05, 0) is 50.2 Å². The summed E-state index contributed by atoms with van der Waals surface area (Å²) < 4.78 is 12.4. The highest BCUT2D eigenvalue weighted by molar-refractivity contribution is 6.74. The maximum absolute atomic E-state index is 13.9.